The number of alkyl halides is 1. The summed E-state index contributed by atoms with van der Waals surface area (Å²) in [5.74, 6) is -0.996. The fraction of sp³-hybridized carbons (Fsp3) is 0.250. The SMILES string of the molecule is CC(F)(CCOc1cc(-c2ccn3nc(N)nc3c2)ccc1F)[C@@](C)(O)c1ccc(F)cc1. The summed E-state index contributed by atoms with van der Waals surface area (Å²) < 4.78 is 50.0. The number of fused-ring (bicyclic) bond motifs is 1. The van der Waals surface area contributed by atoms with Crippen LogP contribution in [0.2, 0.25) is 0 Å². The number of ether oxygens (including phenoxy) is 1. The van der Waals surface area contributed by atoms with Crippen molar-refractivity contribution in [2.45, 2.75) is 31.5 Å². The molecular formula is C24H23F3N4O2. The lowest BCUT2D eigenvalue weighted by Gasteiger charge is -2.36. The molecule has 1 unspecified atom stereocenters. The number of nitrogen functional groups attached to an aromatic ring is 1. The fourth-order valence-corrected chi connectivity index (χ4v) is 3.54. The number of hydrogen-bond donors (Lipinski definition) is 2. The number of benzene rings is 2. The summed E-state index contributed by atoms with van der Waals surface area (Å²) in [6, 6.07) is 12.9. The van der Waals surface area contributed by atoms with Crippen molar-refractivity contribution < 1.29 is 23.0 Å². The molecular weight excluding hydrogens is 433 g/mol. The second-order valence-corrected chi connectivity index (χ2v) is 8.21. The van der Waals surface area contributed by atoms with Crippen molar-refractivity contribution in [3.8, 4) is 16.9 Å². The van der Waals surface area contributed by atoms with Crippen LogP contribution in [-0.4, -0.2) is 32.0 Å². The molecule has 33 heavy (non-hydrogen) atoms. The largest absolute Gasteiger partial charge is 0.490 e. The van der Waals surface area contributed by atoms with Crippen molar-refractivity contribution in [2.75, 3.05) is 12.3 Å². The first-order valence-corrected chi connectivity index (χ1v) is 10.3. The van der Waals surface area contributed by atoms with Gasteiger partial charge in [-0.3, -0.25) is 0 Å². The summed E-state index contributed by atoms with van der Waals surface area (Å²) in [4.78, 5) is 4.11. The number of pyridine rings is 1. The Balaban J connectivity index is 1.49. The van der Waals surface area contributed by atoms with E-state index >= 15 is 4.39 Å². The minimum absolute atomic E-state index is 0.0504. The van der Waals surface area contributed by atoms with Gasteiger partial charge in [-0.2, -0.15) is 4.98 Å². The maximum absolute atomic E-state index is 15.4. The molecule has 0 spiro atoms. The van der Waals surface area contributed by atoms with Crippen molar-refractivity contribution in [2.24, 2.45) is 0 Å². The van der Waals surface area contributed by atoms with Gasteiger partial charge in [0.2, 0.25) is 5.95 Å². The van der Waals surface area contributed by atoms with Crippen LogP contribution in [0.25, 0.3) is 16.8 Å². The molecule has 0 amide bonds. The molecule has 2 heterocycles. The first-order valence-electron chi connectivity index (χ1n) is 10.3. The molecule has 6 nitrogen and oxygen atoms in total. The zero-order chi connectivity index (χ0) is 23.8. The van der Waals surface area contributed by atoms with Crippen molar-refractivity contribution in [3.63, 3.8) is 0 Å². The Labute approximate surface area is 188 Å². The third-order valence-corrected chi connectivity index (χ3v) is 5.87. The van der Waals surface area contributed by atoms with Gasteiger partial charge in [0.25, 0.3) is 0 Å². The molecule has 2 atom stereocenters. The molecule has 2 aromatic heterocycles. The first kappa shape index (κ1) is 22.6. The number of anilines is 1. The minimum atomic E-state index is -2.13. The lowest BCUT2D eigenvalue weighted by molar-refractivity contribution is -0.0955. The lowest BCUT2D eigenvalue weighted by Crippen LogP contribution is -2.45. The molecule has 2 aromatic carbocycles. The van der Waals surface area contributed by atoms with Gasteiger partial charge >= 0.3 is 0 Å². The Bertz CT molecular complexity index is 1290. The Morgan fingerprint density at radius 2 is 1.73 bits per heavy atom. The molecule has 4 rings (SSSR count). The summed E-state index contributed by atoms with van der Waals surface area (Å²) in [6.45, 7) is 2.35. The van der Waals surface area contributed by atoms with Crippen molar-refractivity contribution in [1.29, 1.82) is 0 Å². The van der Waals surface area contributed by atoms with Gasteiger partial charge in [-0.1, -0.05) is 18.2 Å². The average Bonchev–Trinajstić information content (AvgIpc) is 3.14. The van der Waals surface area contributed by atoms with E-state index in [1.807, 2.05) is 0 Å². The molecule has 9 heteroatoms. The Kier molecular flexibility index (Phi) is 5.75. The van der Waals surface area contributed by atoms with Crippen LogP contribution in [0, 0.1) is 11.6 Å². The third-order valence-electron chi connectivity index (χ3n) is 5.87. The molecule has 0 radical (unpaired) electrons. The first-order chi connectivity index (χ1) is 15.6. The highest BCUT2D eigenvalue weighted by atomic mass is 19.1. The number of aliphatic hydroxyl groups is 1. The molecule has 0 aliphatic heterocycles. The average molecular weight is 456 g/mol. The van der Waals surface area contributed by atoms with E-state index in [1.54, 1.807) is 24.4 Å². The highest BCUT2D eigenvalue weighted by molar-refractivity contribution is 5.68. The van der Waals surface area contributed by atoms with E-state index in [2.05, 4.69) is 10.1 Å². The maximum atomic E-state index is 15.4. The van der Waals surface area contributed by atoms with Crippen LogP contribution in [-0.2, 0) is 5.60 Å². The van der Waals surface area contributed by atoms with E-state index in [0.717, 1.165) is 17.7 Å². The molecule has 4 aromatic rings. The summed E-state index contributed by atoms with van der Waals surface area (Å²) in [5.41, 5.74) is 3.75. The van der Waals surface area contributed by atoms with Crippen LogP contribution in [0.5, 0.6) is 5.75 Å². The van der Waals surface area contributed by atoms with Gasteiger partial charge in [-0.15, -0.1) is 5.10 Å². The second-order valence-electron chi connectivity index (χ2n) is 8.21. The lowest BCUT2D eigenvalue weighted by atomic mass is 9.79. The normalized spacial score (nSPS) is 15.2. The molecule has 0 aliphatic carbocycles. The van der Waals surface area contributed by atoms with E-state index < -0.39 is 22.9 Å². The van der Waals surface area contributed by atoms with Gasteiger partial charge in [0.05, 0.1) is 6.61 Å². The van der Waals surface area contributed by atoms with Crippen LogP contribution in [0.3, 0.4) is 0 Å². The minimum Gasteiger partial charge on any atom is -0.490 e. The van der Waals surface area contributed by atoms with Gasteiger partial charge in [0, 0.05) is 12.6 Å². The zero-order valence-electron chi connectivity index (χ0n) is 18.1. The molecule has 0 fully saturated rings. The van der Waals surface area contributed by atoms with Crippen LogP contribution in [0.4, 0.5) is 19.1 Å². The van der Waals surface area contributed by atoms with E-state index in [-0.39, 0.29) is 30.3 Å². The molecule has 0 saturated heterocycles. The van der Waals surface area contributed by atoms with Gasteiger partial charge in [-0.25, -0.2) is 17.7 Å². The molecule has 0 aliphatic rings. The van der Waals surface area contributed by atoms with Gasteiger partial charge in [0.1, 0.15) is 17.1 Å². The summed E-state index contributed by atoms with van der Waals surface area (Å²) >= 11 is 0. The predicted molar refractivity (Wildman–Crippen MR) is 118 cm³/mol. The molecule has 0 saturated carbocycles. The summed E-state index contributed by atoms with van der Waals surface area (Å²) in [6.07, 6.45) is 1.45. The van der Waals surface area contributed by atoms with Crippen molar-refractivity contribution >= 4 is 11.6 Å². The number of aromatic nitrogens is 3. The predicted octanol–water partition coefficient (Wildman–Crippen LogP) is 4.66. The quantitative estimate of drug-likeness (QED) is 0.422. The Morgan fingerprint density at radius 3 is 2.45 bits per heavy atom. The molecule has 172 valence electrons. The molecule has 0 bridgehead atoms. The fourth-order valence-electron chi connectivity index (χ4n) is 3.54. The standard InChI is InChI=1S/C24H23F3N4O2/c1-23(27,24(2,32)17-4-6-18(25)7-5-17)10-12-33-20-13-15(3-8-19(20)26)16-9-11-31-21(14-16)29-22(28)30-31/h3-9,11,13-14,32H,10,12H2,1-2H3,(H2,28,30)/t23?,24-/m0/s1. The molecule has 3 N–H and O–H groups in total. The van der Waals surface area contributed by atoms with Crippen LogP contribution in [0.1, 0.15) is 25.8 Å². The van der Waals surface area contributed by atoms with Crippen molar-refractivity contribution in [3.05, 3.63) is 78.0 Å². The van der Waals surface area contributed by atoms with E-state index in [9.17, 15) is 13.9 Å². The van der Waals surface area contributed by atoms with Crippen LogP contribution in [0.15, 0.2) is 60.8 Å². The number of nitrogens with two attached hydrogens (primary N) is 1. The zero-order valence-corrected chi connectivity index (χ0v) is 18.1. The van der Waals surface area contributed by atoms with Gasteiger partial charge in [-0.05, 0) is 66.9 Å². The van der Waals surface area contributed by atoms with Gasteiger partial charge in [0.15, 0.2) is 17.2 Å². The highest BCUT2D eigenvalue weighted by Gasteiger charge is 2.45. The third kappa shape index (κ3) is 4.49. The van der Waals surface area contributed by atoms with Crippen LogP contribution >= 0.6 is 0 Å². The van der Waals surface area contributed by atoms with Crippen molar-refractivity contribution in [1.82, 2.24) is 14.6 Å². The van der Waals surface area contributed by atoms with Gasteiger partial charge < -0.3 is 15.6 Å². The summed E-state index contributed by atoms with van der Waals surface area (Å²) in [5, 5.41) is 14.8. The highest BCUT2D eigenvalue weighted by Crippen LogP contribution is 2.38. The Hall–Kier alpha value is -3.59. The number of nitrogens with zero attached hydrogens (tertiary/aromatic N) is 3. The van der Waals surface area contributed by atoms with Crippen LogP contribution < -0.4 is 10.5 Å². The monoisotopic (exact) mass is 456 g/mol. The number of halogens is 3. The smallest absolute Gasteiger partial charge is 0.240 e. The maximum Gasteiger partial charge on any atom is 0.240 e. The number of rotatable bonds is 7. The Morgan fingerprint density at radius 1 is 1.03 bits per heavy atom. The number of hydrogen-bond acceptors (Lipinski definition) is 5. The van der Waals surface area contributed by atoms with E-state index in [4.69, 9.17) is 10.5 Å². The second kappa shape index (κ2) is 8.40. The van der Waals surface area contributed by atoms with E-state index in [0.29, 0.717) is 11.2 Å². The van der Waals surface area contributed by atoms with E-state index in [1.165, 1.54) is 42.6 Å². The topological polar surface area (TPSA) is 85.7 Å². The summed E-state index contributed by atoms with van der Waals surface area (Å²) in [7, 11) is 0.